The van der Waals surface area contributed by atoms with Gasteiger partial charge in [-0.2, -0.15) is 0 Å². The summed E-state index contributed by atoms with van der Waals surface area (Å²) in [4.78, 5) is 4.53. The van der Waals surface area contributed by atoms with Crippen LogP contribution in [0.2, 0.25) is 5.02 Å². The molecule has 0 bridgehead atoms. The molecule has 0 saturated heterocycles. The first-order valence-corrected chi connectivity index (χ1v) is 9.14. The maximum absolute atomic E-state index is 11.1. The van der Waals surface area contributed by atoms with Crippen molar-refractivity contribution in [2.45, 2.75) is 34.7 Å². The van der Waals surface area contributed by atoms with Crippen LogP contribution in [0, 0.1) is 0 Å². The van der Waals surface area contributed by atoms with Crippen LogP contribution < -0.4 is 0 Å². The average molecular weight is 348 g/mol. The lowest BCUT2D eigenvalue weighted by Crippen LogP contribution is -2.16. The van der Waals surface area contributed by atoms with E-state index in [0.29, 0.717) is 5.02 Å². The van der Waals surface area contributed by atoms with E-state index in [4.69, 9.17) is 11.6 Å². The molecule has 2 atom stereocenters. The van der Waals surface area contributed by atoms with Gasteiger partial charge in [0.25, 0.3) is 0 Å². The molecule has 0 radical (unpaired) electrons. The SMILES string of the molecule is CN(C)CCC[C@@H]1c2ccccc2Sc2ccc(Cl)cc2[C@@H]1O. The van der Waals surface area contributed by atoms with Crippen molar-refractivity contribution >= 4 is 23.4 Å². The summed E-state index contributed by atoms with van der Waals surface area (Å²) in [6.45, 7) is 1.03. The van der Waals surface area contributed by atoms with Crippen molar-refractivity contribution in [3.05, 3.63) is 58.6 Å². The van der Waals surface area contributed by atoms with Gasteiger partial charge in [0, 0.05) is 20.7 Å². The zero-order valence-electron chi connectivity index (χ0n) is 13.5. The maximum atomic E-state index is 11.1. The molecule has 2 aromatic carbocycles. The molecule has 1 N–H and O–H groups in total. The molecule has 0 aliphatic carbocycles. The first-order valence-electron chi connectivity index (χ1n) is 7.95. The maximum Gasteiger partial charge on any atom is 0.0870 e. The summed E-state index contributed by atoms with van der Waals surface area (Å²) in [5, 5.41) is 11.7. The predicted molar refractivity (Wildman–Crippen MR) is 97.5 cm³/mol. The minimum Gasteiger partial charge on any atom is -0.388 e. The second-order valence-corrected chi connectivity index (χ2v) is 7.84. The van der Waals surface area contributed by atoms with Crippen LogP contribution in [-0.4, -0.2) is 30.6 Å². The lowest BCUT2D eigenvalue weighted by atomic mass is 9.85. The fourth-order valence-electron chi connectivity index (χ4n) is 3.17. The third-order valence-electron chi connectivity index (χ3n) is 4.33. The number of rotatable bonds is 4. The Hall–Kier alpha value is -1.00. The molecule has 23 heavy (non-hydrogen) atoms. The van der Waals surface area contributed by atoms with Crippen LogP contribution in [0.3, 0.4) is 0 Å². The smallest absolute Gasteiger partial charge is 0.0870 e. The van der Waals surface area contributed by atoms with Crippen LogP contribution in [-0.2, 0) is 0 Å². The Kier molecular flexibility index (Phi) is 5.32. The quantitative estimate of drug-likeness (QED) is 0.845. The summed E-state index contributed by atoms with van der Waals surface area (Å²) in [6.07, 6.45) is 1.51. The summed E-state index contributed by atoms with van der Waals surface area (Å²) in [6, 6.07) is 14.3. The highest BCUT2D eigenvalue weighted by Crippen LogP contribution is 2.48. The van der Waals surface area contributed by atoms with Gasteiger partial charge in [-0.1, -0.05) is 41.6 Å². The summed E-state index contributed by atoms with van der Waals surface area (Å²) in [5.41, 5.74) is 2.20. The van der Waals surface area contributed by atoms with Crippen LogP contribution in [0.15, 0.2) is 52.3 Å². The van der Waals surface area contributed by atoms with Gasteiger partial charge < -0.3 is 10.0 Å². The largest absolute Gasteiger partial charge is 0.388 e. The second kappa shape index (κ2) is 7.27. The average Bonchev–Trinajstić information content (AvgIpc) is 2.63. The molecule has 2 nitrogen and oxygen atoms in total. The van der Waals surface area contributed by atoms with Crippen molar-refractivity contribution in [1.29, 1.82) is 0 Å². The molecule has 122 valence electrons. The molecule has 1 aliphatic rings. The Morgan fingerprint density at radius 2 is 1.83 bits per heavy atom. The molecular weight excluding hydrogens is 326 g/mol. The molecule has 3 rings (SSSR count). The fraction of sp³-hybridized carbons (Fsp3) is 0.368. The lowest BCUT2D eigenvalue weighted by Gasteiger charge is -2.24. The zero-order chi connectivity index (χ0) is 16.4. The highest BCUT2D eigenvalue weighted by atomic mass is 35.5. The molecule has 0 unspecified atom stereocenters. The van der Waals surface area contributed by atoms with Crippen molar-refractivity contribution in [3.63, 3.8) is 0 Å². The summed E-state index contributed by atoms with van der Waals surface area (Å²) in [5.74, 6) is 0.110. The van der Waals surface area contributed by atoms with E-state index in [1.807, 2.05) is 18.2 Å². The van der Waals surface area contributed by atoms with E-state index in [1.54, 1.807) is 11.8 Å². The van der Waals surface area contributed by atoms with Crippen LogP contribution in [0.1, 0.15) is 36.0 Å². The molecule has 0 aromatic heterocycles. The number of aliphatic hydroxyl groups is 1. The van der Waals surface area contributed by atoms with Crippen LogP contribution >= 0.6 is 23.4 Å². The molecule has 2 aromatic rings. The summed E-state index contributed by atoms with van der Waals surface area (Å²) in [7, 11) is 4.17. The lowest BCUT2D eigenvalue weighted by molar-refractivity contribution is 0.135. The number of aliphatic hydroxyl groups excluding tert-OH is 1. The standard InChI is InChI=1S/C19H22ClNOS/c1-21(2)11-5-7-15-14-6-3-4-8-17(14)23-18-10-9-13(20)12-16(18)19(15)22/h3-4,6,8-10,12,15,19,22H,5,7,11H2,1-2H3/t15-,19-/m1/s1. The van der Waals surface area contributed by atoms with Crippen LogP contribution in [0.5, 0.6) is 0 Å². The van der Waals surface area contributed by atoms with E-state index >= 15 is 0 Å². The number of nitrogens with zero attached hydrogens (tertiary/aromatic N) is 1. The topological polar surface area (TPSA) is 23.5 Å². The first-order chi connectivity index (χ1) is 11.1. The van der Waals surface area contributed by atoms with Gasteiger partial charge in [-0.25, -0.2) is 0 Å². The number of fused-ring (bicyclic) bond motifs is 2. The van der Waals surface area contributed by atoms with Crippen molar-refractivity contribution in [1.82, 2.24) is 4.90 Å². The third kappa shape index (κ3) is 3.74. The minimum absolute atomic E-state index is 0.110. The number of halogens is 1. The van der Waals surface area contributed by atoms with E-state index in [0.717, 1.165) is 29.8 Å². The number of benzene rings is 2. The predicted octanol–water partition coefficient (Wildman–Crippen LogP) is 4.96. The van der Waals surface area contributed by atoms with Gasteiger partial charge in [-0.3, -0.25) is 0 Å². The van der Waals surface area contributed by atoms with Gasteiger partial charge in [-0.05, 0) is 68.9 Å². The zero-order valence-corrected chi connectivity index (χ0v) is 15.1. The monoisotopic (exact) mass is 347 g/mol. The first kappa shape index (κ1) is 16.8. The van der Waals surface area contributed by atoms with Crippen LogP contribution in [0.25, 0.3) is 0 Å². The van der Waals surface area contributed by atoms with Gasteiger partial charge >= 0.3 is 0 Å². The van der Waals surface area contributed by atoms with Gasteiger partial charge in [0.15, 0.2) is 0 Å². The molecule has 0 saturated carbocycles. The normalized spacial score (nSPS) is 20.0. The molecule has 0 fully saturated rings. The highest BCUT2D eigenvalue weighted by molar-refractivity contribution is 7.99. The van der Waals surface area contributed by atoms with Crippen molar-refractivity contribution in [2.24, 2.45) is 0 Å². The Morgan fingerprint density at radius 1 is 1.09 bits per heavy atom. The Morgan fingerprint density at radius 3 is 2.61 bits per heavy atom. The third-order valence-corrected chi connectivity index (χ3v) is 5.75. The van der Waals surface area contributed by atoms with Gasteiger partial charge in [-0.15, -0.1) is 0 Å². The van der Waals surface area contributed by atoms with Gasteiger partial charge in [0.1, 0.15) is 0 Å². The Bertz CT molecular complexity index is 689. The van der Waals surface area contributed by atoms with E-state index in [-0.39, 0.29) is 5.92 Å². The van der Waals surface area contributed by atoms with Crippen molar-refractivity contribution < 1.29 is 5.11 Å². The summed E-state index contributed by atoms with van der Waals surface area (Å²) < 4.78 is 0. The summed E-state index contributed by atoms with van der Waals surface area (Å²) >= 11 is 7.90. The molecule has 4 heteroatoms. The van der Waals surface area contributed by atoms with E-state index in [1.165, 1.54) is 10.5 Å². The Balaban J connectivity index is 1.98. The molecule has 0 amide bonds. The van der Waals surface area contributed by atoms with Crippen molar-refractivity contribution in [2.75, 3.05) is 20.6 Å². The number of hydrogen-bond donors (Lipinski definition) is 1. The molecule has 1 aliphatic heterocycles. The van der Waals surface area contributed by atoms with E-state index in [9.17, 15) is 5.11 Å². The van der Waals surface area contributed by atoms with Gasteiger partial charge in [0.2, 0.25) is 0 Å². The molecular formula is C19H22ClNOS. The van der Waals surface area contributed by atoms with E-state index < -0.39 is 6.10 Å². The Labute approximate surface area is 147 Å². The highest BCUT2D eigenvalue weighted by Gasteiger charge is 2.30. The van der Waals surface area contributed by atoms with Gasteiger partial charge in [0.05, 0.1) is 6.10 Å². The fourth-order valence-corrected chi connectivity index (χ4v) is 4.50. The van der Waals surface area contributed by atoms with Crippen molar-refractivity contribution in [3.8, 4) is 0 Å². The molecule has 1 heterocycles. The van der Waals surface area contributed by atoms with E-state index in [2.05, 4.69) is 43.3 Å². The molecule has 0 spiro atoms. The number of hydrogen-bond acceptors (Lipinski definition) is 3. The minimum atomic E-state index is -0.512. The van der Waals surface area contributed by atoms with Crippen LogP contribution in [0.4, 0.5) is 0 Å². The second-order valence-electron chi connectivity index (χ2n) is 6.32.